The standard InChI is InChI=1S/C16H33N/c1-3-5-6-7-8-9-13-16(12-4-2)17-14-10-11-15-17/h16H,3-15H2,1-2H3. The number of hydrogen-bond donors (Lipinski definition) is 0. The Balaban J connectivity index is 2.07. The fraction of sp³-hybridized carbons (Fsp3) is 1.00. The van der Waals surface area contributed by atoms with Crippen LogP contribution in [0.2, 0.25) is 0 Å². The van der Waals surface area contributed by atoms with Crippen LogP contribution in [0.25, 0.3) is 0 Å². The van der Waals surface area contributed by atoms with Gasteiger partial charge in [-0.2, -0.15) is 0 Å². The minimum Gasteiger partial charge on any atom is -0.300 e. The Kier molecular flexibility index (Phi) is 8.78. The summed E-state index contributed by atoms with van der Waals surface area (Å²) in [6, 6.07) is 0.911. The van der Waals surface area contributed by atoms with Crippen LogP contribution in [0.3, 0.4) is 0 Å². The maximum absolute atomic E-state index is 2.76. The zero-order chi connectivity index (χ0) is 12.3. The van der Waals surface area contributed by atoms with Crippen LogP contribution in [0.4, 0.5) is 0 Å². The Labute approximate surface area is 109 Å². The van der Waals surface area contributed by atoms with Crippen molar-refractivity contribution >= 4 is 0 Å². The van der Waals surface area contributed by atoms with Crippen LogP contribution >= 0.6 is 0 Å². The Morgan fingerprint density at radius 2 is 1.41 bits per heavy atom. The van der Waals surface area contributed by atoms with E-state index in [1.54, 1.807) is 0 Å². The smallest absolute Gasteiger partial charge is 0.00951 e. The molecule has 1 atom stereocenters. The average molecular weight is 239 g/mol. The summed E-state index contributed by atoms with van der Waals surface area (Å²) >= 11 is 0. The van der Waals surface area contributed by atoms with Gasteiger partial charge in [0.2, 0.25) is 0 Å². The topological polar surface area (TPSA) is 3.24 Å². The molecule has 0 aromatic carbocycles. The summed E-state index contributed by atoms with van der Waals surface area (Å²) in [4.78, 5) is 2.76. The largest absolute Gasteiger partial charge is 0.300 e. The first-order valence-electron chi connectivity index (χ1n) is 8.12. The molecular weight excluding hydrogens is 206 g/mol. The number of unbranched alkanes of at least 4 members (excludes halogenated alkanes) is 5. The average Bonchev–Trinajstić information content (AvgIpc) is 2.86. The lowest BCUT2D eigenvalue weighted by Crippen LogP contribution is -2.32. The Hall–Kier alpha value is -0.0400. The lowest BCUT2D eigenvalue weighted by atomic mass is 10.0. The van der Waals surface area contributed by atoms with E-state index in [-0.39, 0.29) is 0 Å². The fourth-order valence-corrected chi connectivity index (χ4v) is 3.11. The molecular formula is C16H33N. The van der Waals surface area contributed by atoms with Crippen LogP contribution in [0, 0.1) is 0 Å². The van der Waals surface area contributed by atoms with Gasteiger partial charge in [0, 0.05) is 6.04 Å². The summed E-state index contributed by atoms with van der Waals surface area (Å²) in [5.74, 6) is 0. The zero-order valence-corrected chi connectivity index (χ0v) is 12.2. The summed E-state index contributed by atoms with van der Waals surface area (Å²) < 4.78 is 0. The van der Waals surface area contributed by atoms with Crippen LogP contribution in [0.5, 0.6) is 0 Å². The molecule has 0 spiro atoms. The van der Waals surface area contributed by atoms with Gasteiger partial charge in [0.05, 0.1) is 0 Å². The van der Waals surface area contributed by atoms with Crippen LogP contribution in [0.15, 0.2) is 0 Å². The lowest BCUT2D eigenvalue weighted by molar-refractivity contribution is 0.213. The Morgan fingerprint density at radius 3 is 2.06 bits per heavy atom. The third-order valence-electron chi connectivity index (χ3n) is 4.17. The van der Waals surface area contributed by atoms with E-state index in [4.69, 9.17) is 0 Å². The van der Waals surface area contributed by atoms with E-state index >= 15 is 0 Å². The minimum absolute atomic E-state index is 0.911. The molecule has 1 heterocycles. The highest BCUT2D eigenvalue weighted by Gasteiger charge is 2.20. The molecule has 1 unspecified atom stereocenters. The Bertz CT molecular complexity index is 161. The summed E-state index contributed by atoms with van der Waals surface area (Å²) in [6.07, 6.45) is 15.8. The molecule has 0 aromatic rings. The van der Waals surface area contributed by atoms with Crippen molar-refractivity contribution in [1.29, 1.82) is 0 Å². The Morgan fingerprint density at radius 1 is 0.765 bits per heavy atom. The van der Waals surface area contributed by atoms with Gasteiger partial charge < -0.3 is 4.90 Å². The molecule has 0 amide bonds. The van der Waals surface area contributed by atoms with Crippen molar-refractivity contribution in [2.45, 2.75) is 90.5 Å². The van der Waals surface area contributed by atoms with E-state index in [0.29, 0.717) is 0 Å². The van der Waals surface area contributed by atoms with Gasteiger partial charge in [-0.3, -0.25) is 0 Å². The number of likely N-dealkylation sites (tertiary alicyclic amines) is 1. The van der Waals surface area contributed by atoms with E-state index in [0.717, 1.165) is 6.04 Å². The van der Waals surface area contributed by atoms with Crippen molar-refractivity contribution in [2.24, 2.45) is 0 Å². The molecule has 0 aromatic heterocycles. The molecule has 1 saturated heterocycles. The van der Waals surface area contributed by atoms with Gasteiger partial charge >= 0.3 is 0 Å². The predicted octanol–water partition coefficient (Wildman–Crippen LogP) is 5.00. The first-order chi connectivity index (χ1) is 8.38. The zero-order valence-electron chi connectivity index (χ0n) is 12.2. The molecule has 17 heavy (non-hydrogen) atoms. The molecule has 0 saturated carbocycles. The van der Waals surface area contributed by atoms with E-state index in [1.807, 2.05) is 0 Å². The van der Waals surface area contributed by atoms with Crippen LogP contribution < -0.4 is 0 Å². The molecule has 1 rings (SSSR count). The van der Waals surface area contributed by atoms with Crippen molar-refractivity contribution in [1.82, 2.24) is 4.90 Å². The monoisotopic (exact) mass is 239 g/mol. The van der Waals surface area contributed by atoms with E-state index in [1.165, 1.54) is 83.7 Å². The SMILES string of the molecule is CCCCCCCCC(CCC)N1CCCC1. The third kappa shape index (κ3) is 6.45. The van der Waals surface area contributed by atoms with Gasteiger partial charge in [-0.05, 0) is 38.8 Å². The van der Waals surface area contributed by atoms with Gasteiger partial charge in [-0.25, -0.2) is 0 Å². The fourth-order valence-electron chi connectivity index (χ4n) is 3.11. The van der Waals surface area contributed by atoms with Crippen molar-refractivity contribution in [3.05, 3.63) is 0 Å². The highest BCUT2D eigenvalue weighted by molar-refractivity contribution is 4.76. The predicted molar refractivity (Wildman–Crippen MR) is 77.5 cm³/mol. The molecule has 0 N–H and O–H groups in total. The maximum Gasteiger partial charge on any atom is 0.00951 e. The lowest BCUT2D eigenvalue weighted by Gasteiger charge is -2.27. The second-order valence-corrected chi connectivity index (χ2v) is 5.74. The summed E-state index contributed by atoms with van der Waals surface area (Å²) in [5.41, 5.74) is 0. The van der Waals surface area contributed by atoms with Crippen LogP contribution in [0.1, 0.15) is 84.5 Å². The molecule has 1 aliphatic heterocycles. The van der Waals surface area contributed by atoms with Crippen LogP contribution in [-0.2, 0) is 0 Å². The number of nitrogens with zero attached hydrogens (tertiary/aromatic N) is 1. The molecule has 102 valence electrons. The first-order valence-corrected chi connectivity index (χ1v) is 8.12. The van der Waals surface area contributed by atoms with E-state index < -0.39 is 0 Å². The molecule has 1 nitrogen and oxygen atoms in total. The van der Waals surface area contributed by atoms with Gasteiger partial charge in [-0.15, -0.1) is 0 Å². The summed E-state index contributed by atoms with van der Waals surface area (Å²) in [7, 11) is 0. The molecule has 1 fully saturated rings. The van der Waals surface area contributed by atoms with Crippen LogP contribution in [-0.4, -0.2) is 24.0 Å². The minimum atomic E-state index is 0.911. The molecule has 1 aliphatic rings. The molecule has 0 aliphatic carbocycles. The van der Waals surface area contributed by atoms with Crippen molar-refractivity contribution < 1.29 is 0 Å². The quantitative estimate of drug-likeness (QED) is 0.485. The first kappa shape index (κ1) is 15.0. The highest BCUT2D eigenvalue weighted by Crippen LogP contribution is 2.20. The highest BCUT2D eigenvalue weighted by atomic mass is 15.2. The van der Waals surface area contributed by atoms with Gasteiger partial charge in [0.25, 0.3) is 0 Å². The normalized spacial score (nSPS) is 18.7. The molecule has 0 bridgehead atoms. The molecule has 0 radical (unpaired) electrons. The second kappa shape index (κ2) is 9.94. The van der Waals surface area contributed by atoms with Gasteiger partial charge in [0.15, 0.2) is 0 Å². The van der Waals surface area contributed by atoms with Crippen molar-refractivity contribution in [3.8, 4) is 0 Å². The summed E-state index contributed by atoms with van der Waals surface area (Å²) in [5, 5.41) is 0. The number of hydrogen-bond acceptors (Lipinski definition) is 1. The van der Waals surface area contributed by atoms with E-state index in [2.05, 4.69) is 18.7 Å². The van der Waals surface area contributed by atoms with Gasteiger partial charge in [0.1, 0.15) is 0 Å². The maximum atomic E-state index is 2.76. The third-order valence-corrected chi connectivity index (χ3v) is 4.17. The van der Waals surface area contributed by atoms with Crippen molar-refractivity contribution in [2.75, 3.05) is 13.1 Å². The second-order valence-electron chi connectivity index (χ2n) is 5.74. The summed E-state index contributed by atoms with van der Waals surface area (Å²) in [6.45, 7) is 7.38. The van der Waals surface area contributed by atoms with Crippen molar-refractivity contribution in [3.63, 3.8) is 0 Å². The number of rotatable bonds is 10. The van der Waals surface area contributed by atoms with E-state index in [9.17, 15) is 0 Å². The van der Waals surface area contributed by atoms with Gasteiger partial charge in [-0.1, -0.05) is 58.8 Å². The molecule has 1 heteroatoms.